The molecule has 22 heavy (non-hydrogen) atoms. The lowest BCUT2D eigenvalue weighted by molar-refractivity contribution is 0.0474. The zero-order chi connectivity index (χ0) is 15.5. The van der Waals surface area contributed by atoms with Crippen LogP contribution >= 0.6 is 0 Å². The summed E-state index contributed by atoms with van der Waals surface area (Å²) in [6.45, 7) is 4.00. The molecule has 1 aromatic rings. The van der Waals surface area contributed by atoms with Gasteiger partial charge < -0.3 is 20.1 Å². The van der Waals surface area contributed by atoms with Crippen LogP contribution in [-0.2, 0) is 4.74 Å². The highest BCUT2D eigenvalue weighted by molar-refractivity contribution is 5.95. The number of anilines is 1. The SMILES string of the molecule is CC1OCCC1Nc1cccc(C(=O)N2CCCC(O)C2)c1. The van der Waals surface area contributed by atoms with Crippen molar-refractivity contribution in [3.05, 3.63) is 29.8 Å². The molecule has 3 rings (SSSR count). The van der Waals surface area contributed by atoms with Crippen LogP contribution in [0.3, 0.4) is 0 Å². The summed E-state index contributed by atoms with van der Waals surface area (Å²) in [7, 11) is 0. The summed E-state index contributed by atoms with van der Waals surface area (Å²) in [5.41, 5.74) is 1.62. The van der Waals surface area contributed by atoms with Crippen molar-refractivity contribution in [1.82, 2.24) is 4.90 Å². The second-order valence-electron chi connectivity index (χ2n) is 6.24. The first kappa shape index (κ1) is 15.3. The van der Waals surface area contributed by atoms with Crippen molar-refractivity contribution in [1.29, 1.82) is 0 Å². The van der Waals surface area contributed by atoms with Gasteiger partial charge in [0, 0.05) is 30.9 Å². The molecular formula is C17H24N2O3. The van der Waals surface area contributed by atoms with E-state index in [0.29, 0.717) is 18.2 Å². The molecule has 1 aromatic carbocycles. The number of hydrogen-bond acceptors (Lipinski definition) is 4. The van der Waals surface area contributed by atoms with Crippen LogP contribution in [0.15, 0.2) is 24.3 Å². The molecule has 2 fully saturated rings. The fourth-order valence-corrected chi connectivity index (χ4v) is 3.20. The number of β-amino-alcohol motifs (C(OH)–C–C–N with tert-alkyl or cyclic N) is 1. The van der Waals surface area contributed by atoms with Crippen LogP contribution in [0, 0.1) is 0 Å². The third-order valence-electron chi connectivity index (χ3n) is 4.52. The molecule has 2 aliphatic heterocycles. The van der Waals surface area contributed by atoms with Crippen molar-refractivity contribution < 1.29 is 14.6 Å². The molecular weight excluding hydrogens is 280 g/mol. The van der Waals surface area contributed by atoms with E-state index in [9.17, 15) is 9.90 Å². The van der Waals surface area contributed by atoms with Gasteiger partial charge in [0.2, 0.25) is 0 Å². The lowest BCUT2D eigenvalue weighted by Crippen LogP contribution is -2.42. The fourth-order valence-electron chi connectivity index (χ4n) is 3.20. The van der Waals surface area contributed by atoms with Crippen LogP contribution in [0.5, 0.6) is 0 Å². The summed E-state index contributed by atoms with van der Waals surface area (Å²) in [5, 5.41) is 13.2. The molecule has 2 N–H and O–H groups in total. The van der Waals surface area contributed by atoms with E-state index in [1.54, 1.807) is 4.90 Å². The Labute approximate surface area is 131 Å². The summed E-state index contributed by atoms with van der Waals surface area (Å²) in [4.78, 5) is 14.3. The Bertz CT molecular complexity index is 534. The molecule has 2 saturated heterocycles. The normalized spacial score (nSPS) is 28.6. The molecule has 0 saturated carbocycles. The van der Waals surface area contributed by atoms with Crippen molar-refractivity contribution in [3.63, 3.8) is 0 Å². The summed E-state index contributed by atoms with van der Waals surface area (Å²) >= 11 is 0. The van der Waals surface area contributed by atoms with Crippen molar-refractivity contribution in [2.75, 3.05) is 25.0 Å². The van der Waals surface area contributed by atoms with Crippen molar-refractivity contribution in [3.8, 4) is 0 Å². The Hall–Kier alpha value is -1.59. The Morgan fingerprint density at radius 2 is 2.27 bits per heavy atom. The standard InChI is InChI=1S/C17H24N2O3/c1-12-16(7-9-22-12)18-14-5-2-4-13(10-14)17(21)19-8-3-6-15(20)11-19/h2,4-5,10,12,15-16,18,20H,3,6-9,11H2,1H3. The Balaban J connectivity index is 1.69. The maximum Gasteiger partial charge on any atom is 0.254 e. The number of nitrogens with zero attached hydrogens (tertiary/aromatic N) is 1. The highest BCUT2D eigenvalue weighted by atomic mass is 16.5. The number of carbonyl (C=O) groups is 1. The molecule has 1 amide bonds. The minimum atomic E-state index is -0.393. The van der Waals surface area contributed by atoms with E-state index < -0.39 is 6.10 Å². The number of aliphatic hydroxyl groups excluding tert-OH is 1. The molecule has 5 heteroatoms. The smallest absolute Gasteiger partial charge is 0.254 e. The van der Waals surface area contributed by atoms with Crippen LogP contribution in [0.4, 0.5) is 5.69 Å². The molecule has 3 atom stereocenters. The van der Waals surface area contributed by atoms with Gasteiger partial charge in [-0.15, -0.1) is 0 Å². The molecule has 120 valence electrons. The number of amides is 1. The maximum absolute atomic E-state index is 12.6. The van der Waals surface area contributed by atoms with Crippen LogP contribution in [0.25, 0.3) is 0 Å². The Kier molecular flexibility index (Phi) is 4.64. The van der Waals surface area contributed by atoms with Gasteiger partial charge in [-0.05, 0) is 44.4 Å². The molecule has 0 aromatic heterocycles. The van der Waals surface area contributed by atoms with Gasteiger partial charge >= 0.3 is 0 Å². The van der Waals surface area contributed by atoms with E-state index in [2.05, 4.69) is 12.2 Å². The van der Waals surface area contributed by atoms with Gasteiger partial charge in [0.25, 0.3) is 5.91 Å². The van der Waals surface area contributed by atoms with Gasteiger partial charge in [-0.1, -0.05) is 6.07 Å². The largest absolute Gasteiger partial charge is 0.391 e. The van der Waals surface area contributed by atoms with Gasteiger partial charge in [-0.25, -0.2) is 0 Å². The number of likely N-dealkylation sites (tertiary alicyclic amines) is 1. The van der Waals surface area contributed by atoms with Crippen molar-refractivity contribution >= 4 is 11.6 Å². The van der Waals surface area contributed by atoms with Gasteiger partial charge in [-0.3, -0.25) is 4.79 Å². The summed E-state index contributed by atoms with van der Waals surface area (Å²) in [6, 6.07) is 7.91. The van der Waals surface area contributed by atoms with E-state index in [-0.39, 0.29) is 12.0 Å². The highest BCUT2D eigenvalue weighted by Gasteiger charge is 2.25. The number of hydrogen-bond donors (Lipinski definition) is 2. The fraction of sp³-hybridized carbons (Fsp3) is 0.588. The van der Waals surface area contributed by atoms with Gasteiger partial charge in [0.15, 0.2) is 0 Å². The number of aliphatic hydroxyl groups is 1. The lowest BCUT2D eigenvalue weighted by atomic mass is 10.1. The second-order valence-corrected chi connectivity index (χ2v) is 6.24. The monoisotopic (exact) mass is 304 g/mol. The number of carbonyl (C=O) groups excluding carboxylic acids is 1. The molecule has 0 aliphatic carbocycles. The van der Waals surface area contributed by atoms with Crippen LogP contribution in [-0.4, -0.2) is 53.9 Å². The molecule has 5 nitrogen and oxygen atoms in total. The third kappa shape index (κ3) is 3.42. The predicted octanol–water partition coefficient (Wildman–Crippen LogP) is 1.87. The summed E-state index contributed by atoms with van der Waals surface area (Å²) < 4.78 is 5.56. The quantitative estimate of drug-likeness (QED) is 0.895. The minimum absolute atomic E-state index is 0.00174. The number of benzene rings is 1. The number of piperidine rings is 1. The number of rotatable bonds is 3. The molecule has 0 bridgehead atoms. The van der Waals surface area contributed by atoms with E-state index in [4.69, 9.17) is 4.74 Å². The lowest BCUT2D eigenvalue weighted by Gasteiger charge is -2.30. The molecule has 0 radical (unpaired) electrons. The number of nitrogens with one attached hydrogen (secondary N) is 1. The predicted molar refractivity (Wildman–Crippen MR) is 85.0 cm³/mol. The summed E-state index contributed by atoms with van der Waals surface area (Å²) in [5.74, 6) is -0.00174. The van der Waals surface area contributed by atoms with E-state index in [0.717, 1.165) is 38.1 Å². The second kappa shape index (κ2) is 6.67. The first-order valence-electron chi connectivity index (χ1n) is 8.09. The first-order valence-corrected chi connectivity index (χ1v) is 8.09. The molecule has 0 spiro atoms. The minimum Gasteiger partial charge on any atom is -0.391 e. The molecule has 3 unspecified atom stereocenters. The topological polar surface area (TPSA) is 61.8 Å². The van der Waals surface area contributed by atoms with Crippen LogP contribution < -0.4 is 5.32 Å². The maximum atomic E-state index is 12.6. The van der Waals surface area contributed by atoms with E-state index in [1.807, 2.05) is 24.3 Å². The average molecular weight is 304 g/mol. The summed E-state index contributed by atoms with van der Waals surface area (Å²) in [6.07, 6.45) is 2.43. The van der Waals surface area contributed by atoms with E-state index >= 15 is 0 Å². The van der Waals surface area contributed by atoms with Gasteiger partial charge in [0.1, 0.15) is 0 Å². The zero-order valence-electron chi connectivity index (χ0n) is 13.0. The third-order valence-corrected chi connectivity index (χ3v) is 4.52. The Morgan fingerprint density at radius 3 is 3.00 bits per heavy atom. The van der Waals surface area contributed by atoms with E-state index in [1.165, 1.54) is 0 Å². The average Bonchev–Trinajstić information content (AvgIpc) is 2.92. The first-order chi connectivity index (χ1) is 10.6. The molecule has 2 heterocycles. The zero-order valence-corrected chi connectivity index (χ0v) is 13.0. The van der Waals surface area contributed by atoms with Crippen molar-refractivity contribution in [2.24, 2.45) is 0 Å². The van der Waals surface area contributed by atoms with Crippen LogP contribution in [0.2, 0.25) is 0 Å². The highest BCUT2D eigenvalue weighted by Crippen LogP contribution is 2.21. The van der Waals surface area contributed by atoms with Gasteiger partial charge in [0.05, 0.1) is 18.2 Å². The molecule has 2 aliphatic rings. The Morgan fingerprint density at radius 1 is 1.41 bits per heavy atom. The number of ether oxygens (including phenoxy) is 1. The van der Waals surface area contributed by atoms with Crippen LogP contribution in [0.1, 0.15) is 36.5 Å². The van der Waals surface area contributed by atoms with Gasteiger partial charge in [-0.2, -0.15) is 0 Å². The van der Waals surface area contributed by atoms with Crippen molar-refractivity contribution in [2.45, 2.75) is 44.4 Å².